The number of carboxylic acid groups (broad SMARTS) is 1. The Morgan fingerprint density at radius 3 is 2.93 bits per heavy atom. The molecule has 1 rings (SSSR count). The van der Waals surface area contributed by atoms with Crippen LogP contribution < -0.4 is 5.32 Å². The smallest absolute Gasteiger partial charge is 0.303 e. The number of nitrogens with zero attached hydrogens (tertiary/aromatic N) is 1. The van der Waals surface area contributed by atoms with E-state index in [1.165, 1.54) is 6.20 Å². The molecular formula is C10H14N2O3. The summed E-state index contributed by atoms with van der Waals surface area (Å²) >= 11 is 0. The molecule has 0 aliphatic carbocycles. The Morgan fingerprint density at radius 2 is 2.40 bits per heavy atom. The minimum atomic E-state index is -0.848. The van der Waals surface area contributed by atoms with Gasteiger partial charge in [0.15, 0.2) is 0 Å². The van der Waals surface area contributed by atoms with Crippen LogP contribution in [0.5, 0.6) is 0 Å². The van der Waals surface area contributed by atoms with Crippen LogP contribution in [0.3, 0.4) is 0 Å². The van der Waals surface area contributed by atoms with Gasteiger partial charge < -0.3 is 10.4 Å². The average molecular weight is 210 g/mol. The number of carbonyl (C=O) groups excluding carboxylic acids is 1. The van der Waals surface area contributed by atoms with Crippen molar-refractivity contribution in [3.8, 4) is 0 Å². The van der Waals surface area contributed by atoms with Crippen molar-refractivity contribution in [1.82, 2.24) is 5.32 Å². The third-order valence-corrected chi connectivity index (χ3v) is 2.11. The van der Waals surface area contributed by atoms with Gasteiger partial charge in [-0.25, -0.2) is 0 Å². The van der Waals surface area contributed by atoms with Crippen LogP contribution in [0.1, 0.15) is 26.2 Å². The van der Waals surface area contributed by atoms with E-state index in [0.717, 1.165) is 0 Å². The van der Waals surface area contributed by atoms with Crippen LogP contribution in [0.2, 0.25) is 0 Å². The molecule has 5 nitrogen and oxygen atoms in total. The normalized spacial score (nSPS) is 15.9. The first-order valence-corrected chi connectivity index (χ1v) is 4.83. The lowest BCUT2D eigenvalue weighted by Crippen LogP contribution is -2.33. The Balaban J connectivity index is 2.28. The largest absolute Gasteiger partial charge is 0.481 e. The highest BCUT2D eigenvalue weighted by Crippen LogP contribution is 2.07. The zero-order valence-electron chi connectivity index (χ0n) is 8.56. The molecule has 2 N–H and O–H groups in total. The van der Waals surface area contributed by atoms with Crippen LogP contribution in [0.15, 0.2) is 16.8 Å². The molecular weight excluding hydrogens is 196 g/mol. The van der Waals surface area contributed by atoms with E-state index in [1.807, 2.05) is 0 Å². The second kappa shape index (κ2) is 5.29. The van der Waals surface area contributed by atoms with Gasteiger partial charge in [0, 0.05) is 36.9 Å². The van der Waals surface area contributed by atoms with Crippen LogP contribution in [-0.4, -0.2) is 29.2 Å². The van der Waals surface area contributed by atoms with Crippen molar-refractivity contribution in [1.29, 1.82) is 0 Å². The number of aliphatic carboxylic acids is 1. The van der Waals surface area contributed by atoms with Crippen molar-refractivity contribution in [3.63, 3.8) is 0 Å². The fourth-order valence-corrected chi connectivity index (χ4v) is 1.23. The zero-order valence-corrected chi connectivity index (χ0v) is 8.56. The molecule has 82 valence electrons. The lowest BCUT2D eigenvalue weighted by atomic mass is 10.1. The molecule has 15 heavy (non-hydrogen) atoms. The number of carboxylic acids is 1. The molecule has 0 spiro atoms. The molecule has 0 saturated carbocycles. The first-order chi connectivity index (χ1) is 7.09. The summed E-state index contributed by atoms with van der Waals surface area (Å²) in [6, 6.07) is -0.130. The topological polar surface area (TPSA) is 78.8 Å². The minimum absolute atomic E-state index is 0.0665. The van der Waals surface area contributed by atoms with Crippen LogP contribution in [0, 0.1) is 0 Å². The quantitative estimate of drug-likeness (QED) is 0.701. The lowest BCUT2D eigenvalue weighted by Gasteiger charge is -2.12. The van der Waals surface area contributed by atoms with E-state index in [9.17, 15) is 9.59 Å². The van der Waals surface area contributed by atoms with Gasteiger partial charge in [0.1, 0.15) is 0 Å². The SMILES string of the molecule is CC(CCC(=O)O)NC(=O)C1=CN=CC1. The van der Waals surface area contributed by atoms with Crippen molar-refractivity contribution in [3.05, 3.63) is 11.8 Å². The molecule has 0 fully saturated rings. The fourth-order valence-electron chi connectivity index (χ4n) is 1.23. The zero-order chi connectivity index (χ0) is 11.3. The average Bonchev–Trinajstić information content (AvgIpc) is 2.67. The van der Waals surface area contributed by atoms with Gasteiger partial charge in [-0.15, -0.1) is 0 Å². The van der Waals surface area contributed by atoms with E-state index >= 15 is 0 Å². The summed E-state index contributed by atoms with van der Waals surface area (Å²) < 4.78 is 0. The third kappa shape index (κ3) is 3.93. The second-order valence-corrected chi connectivity index (χ2v) is 3.50. The predicted octanol–water partition coefficient (Wildman–Crippen LogP) is 0.714. The van der Waals surface area contributed by atoms with E-state index in [4.69, 9.17) is 5.11 Å². The highest BCUT2D eigenvalue weighted by Gasteiger charge is 2.14. The molecule has 5 heteroatoms. The monoisotopic (exact) mass is 210 g/mol. The Labute approximate surface area is 87.9 Å². The molecule has 1 heterocycles. The van der Waals surface area contributed by atoms with Gasteiger partial charge in [-0.3, -0.25) is 14.6 Å². The van der Waals surface area contributed by atoms with E-state index in [-0.39, 0.29) is 18.4 Å². The van der Waals surface area contributed by atoms with E-state index in [2.05, 4.69) is 10.3 Å². The Bertz CT molecular complexity index is 321. The minimum Gasteiger partial charge on any atom is -0.481 e. The summed E-state index contributed by atoms with van der Waals surface area (Å²) in [5, 5.41) is 11.2. The summed E-state index contributed by atoms with van der Waals surface area (Å²) in [5.74, 6) is -1.01. The number of hydrogen-bond acceptors (Lipinski definition) is 3. The summed E-state index contributed by atoms with van der Waals surface area (Å²) in [5.41, 5.74) is 0.622. The van der Waals surface area contributed by atoms with Gasteiger partial charge in [-0.1, -0.05) is 0 Å². The highest BCUT2D eigenvalue weighted by molar-refractivity contribution is 5.98. The molecule has 0 aromatic heterocycles. The van der Waals surface area contributed by atoms with Crippen molar-refractivity contribution < 1.29 is 14.7 Å². The third-order valence-electron chi connectivity index (χ3n) is 2.11. The number of nitrogens with one attached hydrogen (secondary N) is 1. The predicted molar refractivity (Wildman–Crippen MR) is 55.7 cm³/mol. The standard InChI is InChI=1S/C10H14N2O3/c1-7(2-3-9(13)14)12-10(15)8-4-5-11-6-8/h5-7H,2-4H2,1H3,(H,12,15)(H,13,14). The molecule has 1 aliphatic heterocycles. The Kier molecular flexibility index (Phi) is 4.03. The van der Waals surface area contributed by atoms with Crippen LogP contribution in [0.25, 0.3) is 0 Å². The summed E-state index contributed by atoms with van der Waals surface area (Å²) in [6.07, 6.45) is 4.25. The van der Waals surface area contributed by atoms with Crippen LogP contribution >= 0.6 is 0 Å². The molecule has 0 aromatic rings. The molecule has 0 saturated heterocycles. The molecule has 0 bridgehead atoms. The van der Waals surface area contributed by atoms with Gasteiger partial charge in [-0.05, 0) is 13.3 Å². The molecule has 0 radical (unpaired) electrons. The highest BCUT2D eigenvalue weighted by atomic mass is 16.4. The van der Waals surface area contributed by atoms with Gasteiger partial charge in [0.25, 0.3) is 0 Å². The maximum Gasteiger partial charge on any atom is 0.303 e. The van der Waals surface area contributed by atoms with Gasteiger partial charge in [-0.2, -0.15) is 0 Å². The second-order valence-electron chi connectivity index (χ2n) is 3.50. The lowest BCUT2D eigenvalue weighted by molar-refractivity contribution is -0.137. The fraction of sp³-hybridized carbons (Fsp3) is 0.500. The number of aliphatic imine (C=N–C) groups is 1. The number of rotatable bonds is 5. The van der Waals surface area contributed by atoms with E-state index in [1.54, 1.807) is 13.1 Å². The van der Waals surface area contributed by atoms with Gasteiger partial charge >= 0.3 is 5.97 Å². The molecule has 1 atom stereocenters. The first-order valence-electron chi connectivity index (χ1n) is 4.83. The summed E-state index contributed by atoms with van der Waals surface area (Å²) in [7, 11) is 0. The molecule has 0 aromatic carbocycles. The van der Waals surface area contributed by atoms with Crippen LogP contribution in [-0.2, 0) is 9.59 Å². The molecule has 1 aliphatic rings. The maximum absolute atomic E-state index is 11.5. The van der Waals surface area contributed by atoms with Crippen molar-refractivity contribution in [2.45, 2.75) is 32.2 Å². The Morgan fingerprint density at radius 1 is 1.67 bits per heavy atom. The molecule has 1 unspecified atom stereocenters. The van der Waals surface area contributed by atoms with Gasteiger partial charge in [0.05, 0.1) is 0 Å². The van der Waals surface area contributed by atoms with E-state index in [0.29, 0.717) is 18.4 Å². The van der Waals surface area contributed by atoms with Crippen molar-refractivity contribution in [2.24, 2.45) is 4.99 Å². The van der Waals surface area contributed by atoms with Crippen molar-refractivity contribution in [2.75, 3.05) is 0 Å². The van der Waals surface area contributed by atoms with Crippen molar-refractivity contribution >= 4 is 18.1 Å². The first kappa shape index (κ1) is 11.4. The number of amides is 1. The number of carbonyl (C=O) groups is 2. The number of hydrogen-bond donors (Lipinski definition) is 2. The Hall–Kier alpha value is -1.65. The molecule has 1 amide bonds. The maximum atomic E-state index is 11.5. The van der Waals surface area contributed by atoms with Gasteiger partial charge in [0.2, 0.25) is 5.91 Å². The summed E-state index contributed by atoms with van der Waals surface area (Å²) in [4.78, 5) is 25.6. The van der Waals surface area contributed by atoms with Crippen LogP contribution in [0.4, 0.5) is 0 Å². The summed E-state index contributed by atoms with van der Waals surface area (Å²) in [6.45, 7) is 1.79. The van der Waals surface area contributed by atoms with E-state index < -0.39 is 5.97 Å².